The Morgan fingerprint density at radius 2 is 1.65 bits per heavy atom. The van der Waals surface area contributed by atoms with Crippen molar-refractivity contribution >= 4 is 30.9 Å². The van der Waals surface area contributed by atoms with Crippen LogP contribution in [-0.4, -0.2) is 36.4 Å². The molecule has 0 radical (unpaired) electrons. The Morgan fingerprint density at radius 1 is 1.04 bits per heavy atom. The van der Waals surface area contributed by atoms with Crippen molar-refractivity contribution in [1.29, 1.82) is 0 Å². The van der Waals surface area contributed by atoms with Crippen molar-refractivity contribution in [2.24, 2.45) is 0 Å². The minimum Gasteiger partial charge on any atom is -0.481 e. The molecule has 26 heavy (non-hydrogen) atoms. The lowest BCUT2D eigenvalue weighted by atomic mass is 10.2. The average molecular weight is 388 g/mol. The summed E-state index contributed by atoms with van der Waals surface area (Å²) >= 11 is 1.50. The molecule has 0 bridgehead atoms. The lowest BCUT2D eigenvalue weighted by Gasteiger charge is -2.38. The molecule has 0 aromatic carbocycles. The van der Waals surface area contributed by atoms with Gasteiger partial charge in [0.15, 0.2) is 10.8 Å². The Hall–Kier alpha value is -1.58. The van der Waals surface area contributed by atoms with Crippen LogP contribution in [0.25, 0.3) is 11.0 Å². The van der Waals surface area contributed by atoms with Crippen LogP contribution in [0, 0.1) is 11.5 Å². The zero-order valence-corrected chi connectivity index (χ0v) is 18.9. The largest absolute Gasteiger partial charge is 0.481 e. The summed E-state index contributed by atoms with van der Waals surface area (Å²) in [5.41, 5.74) is 7.07. The van der Waals surface area contributed by atoms with Gasteiger partial charge in [-0.05, 0) is 22.9 Å². The average Bonchev–Trinajstić information content (AvgIpc) is 2.60. The van der Waals surface area contributed by atoms with Crippen molar-refractivity contribution in [2.75, 3.05) is 13.4 Å². The van der Waals surface area contributed by atoms with E-state index >= 15 is 0 Å². The van der Waals surface area contributed by atoms with Crippen LogP contribution in [0.1, 0.15) is 47.1 Å². The second-order valence-electron chi connectivity index (χ2n) is 7.45. The minimum atomic E-state index is -1.81. The van der Waals surface area contributed by atoms with E-state index in [0.717, 1.165) is 10.9 Å². The molecule has 0 aliphatic rings. The van der Waals surface area contributed by atoms with Crippen molar-refractivity contribution in [2.45, 2.75) is 63.3 Å². The third kappa shape index (κ3) is 3.89. The van der Waals surface area contributed by atoms with Gasteiger partial charge in [0.2, 0.25) is 5.88 Å². The lowest BCUT2D eigenvalue weighted by molar-refractivity contribution is 0.399. The molecule has 0 saturated carbocycles. The van der Waals surface area contributed by atoms with E-state index in [-0.39, 0.29) is 0 Å². The van der Waals surface area contributed by atoms with Gasteiger partial charge in [-0.15, -0.1) is 5.54 Å². The highest BCUT2D eigenvalue weighted by atomic mass is 32.2. The van der Waals surface area contributed by atoms with Gasteiger partial charge in [-0.2, -0.15) is 4.98 Å². The molecule has 2 rings (SSSR count). The highest BCUT2D eigenvalue weighted by Gasteiger charge is 2.41. The highest BCUT2D eigenvalue weighted by molar-refractivity contribution is 7.98. The van der Waals surface area contributed by atoms with Gasteiger partial charge in [0.25, 0.3) is 0 Å². The van der Waals surface area contributed by atoms with Gasteiger partial charge in [-0.25, -0.2) is 9.97 Å². The van der Waals surface area contributed by atoms with Crippen molar-refractivity contribution in [3.05, 3.63) is 17.8 Å². The Kier molecular flexibility index (Phi) is 6.70. The number of ether oxygens (including phenoxy) is 1. The molecule has 0 atom stereocenters. The van der Waals surface area contributed by atoms with Crippen LogP contribution in [0.4, 0.5) is 0 Å². The Balaban J connectivity index is 2.69. The molecule has 0 saturated heterocycles. The summed E-state index contributed by atoms with van der Waals surface area (Å²) in [4.78, 5) is 13.4. The molecule has 2 aromatic heterocycles. The molecule has 0 unspecified atom stereocenters. The number of methoxy groups -OCH3 is 1. The van der Waals surface area contributed by atoms with Crippen LogP contribution >= 0.6 is 11.8 Å². The van der Waals surface area contributed by atoms with Crippen molar-refractivity contribution in [1.82, 2.24) is 15.0 Å². The zero-order chi connectivity index (χ0) is 19.5. The van der Waals surface area contributed by atoms with Crippen LogP contribution < -0.4 is 4.74 Å². The smallest absolute Gasteiger partial charge is 0.216 e. The Bertz CT molecular complexity index is 813. The molecule has 6 heteroatoms. The van der Waals surface area contributed by atoms with Crippen LogP contribution in [0.3, 0.4) is 0 Å². The highest BCUT2D eigenvalue weighted by Crippen LogP contribution is 2.40. The molecule has 0 amide bonds. The molecular weight excluding hydrogens is 358 g/mol. The van der Waals surface area contributed by atoms with E-state index < -0.39 is 8.07 Å². The number of hydrogen-bond donors (Lipinski definition) is 0. The van der Waals surface area contributed by atoms with Crippen LogP contribution in [0.15, 0.2) is 17.4 Å². The summed E-state index contributed by atoms with van der Waals surface area (Å²) in [6, 6.07) is 1.90. The number of thioether (sulfide) groups is 1. The first-order chi connectivity index (χ1) is 12.3. The van der Waals surface area contributed by atoms with Gasteiger partial charge >= 0.3 is 0 Å². The summed E-state index contributed by atoms with van der Waals surface area (Å²) in [7, 11) is -0.188. The third-order valence-corrected chi connectivity index (χ3v) is 12.0. The van der Waals surface area contributed by atoms with Gasteiger partial charge < -0.3 is 4.74 Å². The fourth-order valence-electron chi connectivity index (χ4n) is 3.89. The maximum atomic E-state index is 5.38. The van der Waals surface area contributed by atoms with Gasteiger partial charge in [0, 0.05) is 17.8 Å². The minimum absolute atomic E-state index is 0.540. The first-order valence-electron chi connectivity index (χ1n) is 9.05. The molecule has 0 aliphatic heterocycles. The Labute approximate surface area is 162 Å². The van der Waals surface area contributed by atoms with E-state index in [1.165, 1.54) is 11.8 Å². The molecule has 2 aromatic rings. The Morgan fingerprint density at radius 3 is 2.15 bits per heavy atom. The van der Waals surface area contributed by atoms with Gasteiger partial charge in [0.1, 0.15) is 8.07 Å². The molecule has 0 N–H and O–H groups in total. The van der Waals surface area contributed by atoms with E-state index in [1.54, 1.807) is 7.11 Å². The number of fused-ring (bicyclic) bond motifs is 1. The molecule has 0 fully saturated rings. The van der Waals surface area contributed by atoms with Gasteiger partial charge in [0.05, 0.1) is 12.5 Å². The second kappa shape index (κ2) is 8.41. The van der Waals surface area contributed by atoms with Crippen LogP contribution in [0.5, 0.6) is 5.88 Å². The molecule has 140 valence electrons. The molecule has 0 spiro atoms. The van der Waals surface area contributed by atoms with Gasteiger partial charge in [-0.3, -0.25) is 0 Å². The molecular formula is C20H29N3OSSi. The maximum Gasteiger partial charge on any atom is 0.216 e. The lowest BCUT2D eigenvalue weighted by Crippen LogP contribution is -2.43. The van der Waals surface area contributed by atoms with Crippen LogP contribution in [0.2, 0.25) is 16.6 Å². The van der Waals surface area contributed by atoms with E-state index in [4.69, 9.17) is 4.74 Å². The molecule has 2 heterocycles. The predicted molar refractivity (Wildman–Crippen MR) is 114 cm³/mol. The van der Waals surface area contributed by atoms with Crippen molar-refractivity contribution < 1.29 is 4.74 Å². The van der Waals surface area contributed by atoms with E-state index in [9.17, 15) is 0 Å². The number of hydrogen-bond acceptors (Lipinski definition) is 5. The molecule has 0 aliphatic carbocycles. The first kappa shape index (κ1) is 20.7. The monoisotopic (exact) mass is 387 g/mol. The number of nitrogens with zero attached hydrogens (tertiary/aromatic N) is 3. The van der Waals surface area contributed by atoms with E-state index in [0.29, 0.717) is 33.3 Å². The van der Waals surface area contributed by atoms with Crippen molar-refractivity contribution in [3.8, 4) is 17.3 Å². The standard InChI is InChI=1S/C20H29N3OSSi/c1-13(2)26(14(3)4,15(5)6)10-9-16-11-18(24-7)22-19-17(16)12-21-20(23-19)25-8/h11-15H,1-8H3. The number of rotatable bonds is 5. The topological polar surface area (TPSA) is 47.9 Å². The van der Waals surface area contributed by atoms with Gasteiger partial charge in [-0.1, -0.05) is 59.2 Å². The third-order valence-electron chi connectivity index (χ3n) is 5.19. The summed E-state index contributed by atoms with van der Waals surface area (Å²) < 4.78 is 5.38. The number of aromatic nitrogens is 3. The normalized spacial score (nSPS) is 12.0. The quantitative estimate of drug-likeness (QED) is 0.300. The van der Waals surface area contributed by atoms with E-state index in [1.807, 2.05) is 18.5 Å². The van der Waals surface area contributed by atoms with E-state index in [2.05, 4.69) is 68.0 Å². The zero-order valence-electron chi connectivity index (χ0n) is 17.0. The second-order valence-corrected chi connectivity index (χ2v) is 13.8. The van der Waals surface area contributed by atoms with Crippen molar-refractivity contribution in [3.63, 3.8) is 0 Å². The molecule has 4 nitrogen and oxygen atoms in total. The first-order valence-corrected chi connectivity index (χ1v) is 12.5. The SMILES string of the molecule is COc1cc(C#C[Si](C(C)C)(C(C)C)C(C)C)c2cnc(SC)nc2n1. The summed E-state index contributed by atoms with van der Waals surface area (Å²) in [5, 5.41) is 1.59. The maximum absolute atomic E-state index is 5.38. The number of pyridine rings is 1. The van der Waals surface area contributed by atoms with Crippen LogP contribution in [-0.2, 0) is 0 Å². The fourth-order valence-corrected chi connectivity index (χ4v) is 9.44. The summed E-state index contributed by atoms with van der Waals surface area (Å²) in [6.45, 7) is 13.9. The predicted octanol–water partition coefficient (Wildman–Crippen LogP) is 5.32. The fraction of sp³-hybridized carbons (Fsp3) is 0.550. The summed E-state index contributed by atoms with van der Waals surface area (Å²) in [6.07, 6.45) is 3.78. The summed E-state index contributed by atoms with van der Waals surface area (Å²) in [5.74, 6) is 4.03.